The standard InChI is InChI=1S/C13H12F2N2/c1-9(10-5-2-3-6-11(10)14)17-13-12(15)7-4-8-16-13/h2-9H,1H3,(H,16,17). The Balaban J connectivity index is 2.20. The molecule has 0 aliphatic heterocycles. The molecule has 0 fully saturated rings. The zero-order chi connectivity index (χ0) is 12.3. The zero-order valence-electron chi connectivity index (χ0n) is 9.32. The second kappa shape index (κ2) is 4.91. The molecule has 0 amide bonds. The molecule has 2 nitrogen and oxygen atoms in total. The van der Waals surface area contributed by atoms with Crippen LogP contribution in [0, 0.1) is 11.6 Å². The van der Waals surface area contributed by atoms with Gasteiger partial charge in [0.25, 0.3) is 0 Å². The van der Waals surface area contributed by atoms with Gasteiger partial charge in [0.05, 0.1) is 6.04 Å². The lowest BCUT2D eigenvalue weighted by Crippen LogP contribution is -2.10. The summed E-state index contributed by atoms with van der Waals surface area (Å²) in [5, 5.41) is 2.84. The van der Waals surface area contributed by atoms with Gasteiger partial charge in [-0.25, -0.2) is 13.8 Å². The van der Waals surface area contributed by atoms with Gasteiger partial charge in [0, 0.05) is 11.8 Å². The molecule has 4 heteroatoms. The third-order valence-corrected chi connectivity index (χ3v) is 2.48. The van der Waals surface area contributed by atoms with Crippen LogP contribution in [-0.4, -0.2) is 4.98 Å². The average Bonchev–Trinajstić information content (AvgIpc) is 2.32. The highest BCUT2D eigenvalue weighted by molar-refractivity contribution is 5.39. The number of aromatic nitrogens is 1. The van der Waals surface area contributed by atoms with Crippen LogP contribution >= 0.6 is 0 Å². The average molecular weight is 234 g/mol. The Bertz CT molecular complexity index is 514. The predicted octanol–water partition coefficient (Wildman–Crippen LogP) is 3.53. The van der Waals surface area contributed by atoms with E-state index in [2.05, 4.69) is 10.3 Å². The number of rotatable bonds is 3. The van der Waals surface area contributed by atoms with Crippen molar-refractivity contribution < 1.29 is 8.78 Å². The monoisotopic (exact) mass is 234 g/mol. The smallest absolute Gasteiger partial charge is 0.165 e. The summed E-state index contributed by atoms with van der Waals surface area (Å²) >= 11 is 0. The van der Waals surface area contributed by atoms with Crippen LogP contribution in [0.25, 0.3) is 0 Å². The van der Waals surface area contributed by atoms with Crippen LogP contribution in [0.1, 0.15) is 18.5 Å². The maximum atomic E-state index is 13.5. The summed E-state index contributed by atoms with van der Waals surface area (Å²) in [6.07, 6.45) is 1.49. The second-order valence-corrected chi connectivity index (χ2v) is 3.72. The van der Waals surface area contributed by atoms with Gasteiger partial charge in [-0.15, -0.1) is 0 Å². The van der Waals surface area contributed by atoms with Crippen molar-refractivity contribution in [3.8, 4) is 0 Å². The third-order valence-electron chi connectivity index (χ3n) is 2.48. The van der Waals surface area contributed by atoms with E-state index in [9.17, 15) is 8.78 Å². The van der Waals surface area contributed by atoms with E-state index in [-0.39, 0.29) is 17.7 Å². The quantitative estimate of drug-likeness (QED) is 0.878. The minimum absolute atomic E-state index is 0.128. The first-order chi connectivity index (χ1) is 8.18. The molecule has 1 heterocycles. The Morgan fingerprint density at radius 3 is 2.47 bits per heavy atom. The number of hydrogen-bond acceptors (Lipinski definition) is 2. The van der Waals surface area contributed by atoms with Crippen molar-refractivity contribution in [2.45, 2.75) is 13.0 Å². The van der Waals surface area contributed by atoms with Crippen molar-refractivity contribution in [1.29, 1.82) is 0 Å². The van der Waals surface area contributed by atoms with Gasteiger partial charge in [-0.2, -0.15) is 0 Å². The Hall–Kier alpha value is -1.97. The topological polar surface area (TPSA) is 24.9 Å². The van der Waals surface area contributed by atoms with Crippen molar-refractivity contribution in [1.82, 2.24) is 4.98 Å². The molecule has 1 unspecified atom stereocenters. The summed E-state index contributed by atoms with van der Waals surface area (Å²) in [6, 6.07) is 8.87. The highest BCUT2D eigenvalue weighted by Gasteiger charge is 2.12. The van der Waals surface area contributed by atoms with E-state index in [1.54, 1.807) is 25.1 Å². The van der Waals surface area contributed by atoms with Gasteiger partial charge in [-0.3, -0.25) is 0 Å². The molecule has 0 bridgehead atoms. The Morgan fingerprint density at radius 2 is 1.76 bits per heavy atom. The molecule has 2 rings (SSSR count). The van der Waals surface area contributed by atoms with E-state index in [1.165, 1.54) is 24.4 Å². The third kappa shape index (κ3) is 2.58. The van der Waals surface area contributed by atoms with E-state index in [0.29, 0.717) is 5.56 Å². The van der Waals surface area contributed by atoms with Crippen LogP contribution in [0.2, 0.25) is 0 Å². The fraction of sp³-hybridized carbons (Fsp3) is 0.154. The SMILES string of the molecule is CC(Nc1ncccc1F)c1ccccc1F. The highest BCUT2D eigenvalue weighted by Crippen LogP contribution is 2.21. The number of anilines is 1. The molecule has 2 aromatic rings. The Morgan fingerprint density at radius 1 is 1.06 bits per heavy atom. The summed E-state index contributed by atoms with van der Waals surface area (Å²) < 4.78 is 26.8. The lowest BCUT2D eigenvalue weighted by Gasteiger charge is -2.15. The summed E-state index contributed by atoms with van der Waals surface area (Å²) in [5.74, 6) is -0.636. The number of pyridine rings is 1. The van der Waals surface area contributed by atoms with Crippen LogP contribution in [0.5, 0.6) is 0 Å². The molecule has 1 atom stereocenters. The first-order valence-electron chi connectivity index (χ1n) is 5.30. The second-order valence-electron chi connectivity index (χ2n) is 3.72. The van der Waals surface area contributed by atoms with Crippen molar-refractivity contribution in [2.75, 3.05) is 5.32 Å². The molecule has 1 N–H and O–H groups in total. The van der Waals surface area contributed by atoms with Crippen molar-refractivity contribution >= 4 is 5.82 Å². The van der Waals surface area contributed by atoms with E-state index in [1.807, 2.05) is 0 Å². The van der Waals surface area contributed by atoms with Gasteiger partial charge in [0.1, 0.15) is 5.82 Å². The van der Waals surface area contributed by atoms with Crippen LogP contribution in [0.4, 0.5) is 14.6 Å². The first kappa shape index (κ1) is 11.5. The Kier molecular flexibility index (Phi) is 3.32. The molecule has 0 radical (unpaired) electrons. The molecule has 0 saturated heterocycles. The van der Waals surface area contributed by atoms with Crippen molar-refractivity contribution in [3.05, 3.63) is 59.8 Å². The summed E-state index contributed by atoms with van der Waals surface area (Å²) in [6.45, 7) is 1.76. The lowest BCUT2D eigenvalue weighted by molar-refractivity contribution is 0.594. The number of halogens is 2. The molecular weight excluding hydrogens is 222 g/mol. The van der Waals surface area contributed by atoms with Crippen molar-refractivity contribution in [3.63, 3.8) is 0 Å². The minimum Gasteiger partial charge on any atom is -0.361 e. The largest absolute Gasteiger partial charge is 0.361 e. The molecule has 17 heavy (non-hydrogen) atoms. The van der Waals surface area contributed by atoms with E-state index in [4.69, 9.17) is 0 Å². The molecule has 1 aromatic heterocycles. The van der Waals surface area contributed by atoms with Gasteiger partial charge in [0.2, 0.25) is 0 Å². The lowest BCUT2D eigenvalue weighted by atomic mass is 10.1. The maximum absolute atomic E-state index is 13.5. The van der Waals surface area contributed by atoms with Crippen LogP contribution in [0.15, 0.2) is 42.6 Å². The normalized spacial score (nSPS) is 12.2. The molecule has 0 saturated carbocycles. The maximum Gasteiger partial charge on any atom is 0.165 e. The zero-order valence-corrected chi connectivity index (χ0v) is 9.32. The van der Waals surface area contributed by atoms with E-state index >= 15 is 0 Å². The molecule has 0 aliphatic carbocycles. The molecule has 0 aliphatic rings. The fourth-order valence-electron chi connectivity index (χ4n) is 1.60. The van der Waals surface area contributed by atoms with Gasteiger partial charge in [-0.1, -0.05) is 18.2 Å². The van der Waals surface area contributed by atoms with Gasteiger partial charge >= 0.3 is 0 Å². The van der Waals surface area contributed by atoms with Crippen LogP contribution < -0.4 is 5.32 Å². The van der Waals surface area contributed by atoms with Gasteiger partial charge < -0.3 is 5.32 Å². The van der Waals surface area contributed by atoms with Crippen molar-refractivity contribution in [2.24, 2.45) is 0 Å². The summed E-state index contributed by atoms with van der Waals surface area (Å²) in [5.41, 5.74) is 0.484. The highest BCUT2D eigenvalue weighted by atomic mass is 19.1. The predicted molar refractivity (Wildman–Crippen MR) is 62.6 cm³/mol. The molecule has 1 aromatic carbocycles. The molecular formula is C13H12F2N2. The van der Waals surface area contributed by atoms with Gasteiger partial charge in [0.15, 0.2) is 11.6 Å². The molecule has 88 valence electrons. The molecule has 0 spiro atoms. The number of nitrogens with one attached hydrogen (secondary N) is 1. The van der Waals surface area contributed by atoms with Crippen LogP contribution in [0.3, 0.4) is 0 Å². The summed E-state index contributed by atoms with van der Waals surface area (Å²) in [4.78, 5) is 3.86. The van der Waals surface area contributed by atoms with Crippen LogP contribution in [-0.2, 0) is 0 Å². The first-order valence-corrected chi connectivity index (χ1v) is 5.30. The number of nitrogens with zero attached hydrogens (tertiary/aromatic N) is 1. The van der Waals surface area contributed by atoms with Gasteiger partial charge in [-0.05, 0) is 25.1 Å². The number of benzene rings is 1. The number of hydrogen-bond donors (Lipinski definition) is 1. The Labute approximate surface area is 98.3 Å². The van der Waals surface area contributed by atoms with E-state index in [0.717, 1.165) is 0 Å². The summed E-state index contributed by atoms with van der Waals surface area (Å²) in [7, 11) is 0. The minimum atomic E-state index is -0.448. The van der Waals surface area contributed by atoms with E-state index < -0.39 is 5.82 Å². The fourth-order valence-corrected chi connectivity index (χ4v) is 1.60.